The van der Waals surface area contributed by atoms with Crippen LogP contribution in [0.3, 0.4) is 0 Å². The number of nitrogens with zero attached hydrogens (tertiary/aromatic N) is 2. The lowest BCUT2D eigenvalue weighted by atomic mass is 10.3. The van der Waals surface area contributed by atoms with E-state index >= 15 is 0 Å². The minimum Gasteiger partial charge on any atom is -0.464 e. The monoisotopic (exact) mass is 342 g/mol. The topological polar surface area (TPSA) is 70.4 Å². The van der Waals surface area contributed by atoms with Crippen molar-refractivity contribution in [1.29, 1.82) is 0 Å². The number of thiophene rings is 1. The van der Waals surface area contributed by atoms with E-state index in [-0.39, 0.29) is 0 Å². The van der Waals surface area contributed by atoms with Crippen molar-refractivity contribution in [3.63, 3.8) is 0 Å². The average molecular weight is 342 g/mol. The summed E-state index contributed by atoms with van der Waals surface area (Å²) in [5.41, 5.74) is 2.64. The van der Waals surface area contributed by atoms with Crippen LogP contribution in [-0.2, 0) is 11.3 Å². The SMILES string of the molecule is COC(=O)c1cc2occc2n1Cc1nc(-c2cccs2)oc1C. The Bertz CT molecular complexity index is 1010. The Morgan fingerprint density at radius 3 is 3.04 bits per heavy atom. The van der Waals surface area contributed by atoms with Crippen molar-refractivity contribution < 1.29 is 18.4 Å². The van der Waals surface area contributed by atoms with Crippen LogP contribution in [0.5, 0.6) is 0 Å². The quantitative estimate of drug-likeness (QED) is 0.522. The number of esters is 1. The zero-order valence-corrected chi connectivity index (χ0v) is 13.9. The van der Waals surface area contributed by atoms with E-state index in [9.17, 15) is 4.79 Å². The third-order valence-corrected chi connectivity index (χ3v) is 4.71. The van der Waals surface area contributed by atoms with E-state index in [1.807, 2.05) is 35.1 Å². The first-order valence-corrected chi connectivity index (χ1v) is 8.20. The van der Waals surface area contributed by atoms with Crippen LogP contribution in [-0.4, -0.2) is 22.6 Å². The van der Waals surface area contributed by atoms with Crippen LogP contribution in [0.1, 0.15) is 21.9 Å². The van der Waals surface area contributed by atoms with Gasteiger partial charge in [-0.05, 0) is 18.4 Å². The Balaban J connectivity index is 1.77. The highest BCUT2D eigenvalue weighted by atomic mass is 32.1. The molecule has 0 aliphatic rings. The molecule has 0 N–H and O–H groups in total. The molecule has 0 amide bonds. The highest BCUT2D eigenvalue weighted by molar-refractivity contribution is 7.13. The van der Waals surface area contributed by atoms with Gasteiger partial charge in [0.1, 0.15) is 17.1 Å². The molecule has 122 valence electrons. The number of hydrogen-bond acceptors (Lipinski definition) is 6. The number of furan rings is 1. The van der Waals surface area contributed by atoms with E-state index in [0.717, 1.165) is 21.8 Å². The van der Waals surface area contributed by atoms with Gasteiger partial charge < -0.3 is 18.1 Å². The largest absolute Gasteiger partial charge is 0.464 e. The van der Waals surface area contributed by atoms with Gasteiger partial charge in [-0.15, -0.1) is 11.3 Å². The fourth-order valence-electron chi connectivity index (χ4n) is 2.65. The van der Waals surface area contributed by atoms with E-state index < -0.39 is 5.97 Å². The molecule has 7 heteroatoms. The summed E-state index contributed by atoms with van der Waals surface area (Å²) in [6, 6.07) is 7.41. The molecule has 0 fully saturated rings. The lowest BCUT2D eigenvalue weighted by Gasteiger charge is -2.06. The van der Waals surface area contributed by atoms with Crippen LogP contribution in [0.15, 0.2) is 44.7 Å². The molecule has 0 spiro atoms. The second kappa shape index (κ2) is 5.68. The van der Waals surface area contributed by atoms with Gasteiger partial charge in [-0.2, -0.15) is 0 Å². The first-order chi connectivity index (χ1) is 11.7. The number of methoxy groups -OCH3 is 1. The van der Waals surface area contributed by atoms with Crippen LogP contribution in [0.2, 0.25) is 0 Å². The van der Waals surface area contributed by atoms with Gasteiger partial charge in [-0.1, -0.05) is 6.07 Å². The van der Waals surface area contributed by atoms with Crippen molar-refractivity contribution in [2.24, 2.45) is 0 Å². The second-order valence-electron chi connectivity index (χ2n) is 5.28. The fourth-order valence-corrected chi connectivity index (χ4v) is 3.30. The molecular weight excluding hydrogens is 328 g/mol. The first kappa shape index (κ1) is 14.8. The highest BCUT2D eigenvalue weighted by Crippen LogP contribution is 2.28. The van der Waals surface area contributed by atoms with Gasteiger partial charge in [-0.3, -0.25) is 0 Å². The number of fused-ring (bicyclic) bond motifs is 1. The number of aryl methyl sites for hydroxylation is 1. The first-order valence-electron chi connectivity index (χ1n) is 7.32. The van der Waals surface area contributed by atoms with Crippen LogP contribution >= 0.6 is 11.3 Å². The number of carbonyl (C=O) groups excluding carboxylic acids is 1. The van der Waals surface area contributed by atoms with Crippen LogP contribution < -0.4 is 0 Å². The number of aromatic nitrogens is 2. The Hall–Kier alpha value is -2.80. The van der Waals surface area contributed by atoms with Gasteiger partial charge in [0.25, 0.3) is 0 Å². The molecule has 0 atom stereocenters. The molecule has 4 rings (SSSR count). The molecular formula is C17H14N2O4S. The molecule has 0 radical (unpaired) electrons. The van der Waals surface area contributed by atoms with Gasteiger partial charge in [-0.25, -0.2) is 9.78 Å². The summed E-state index contributed by atoms with van der Waals surface area (Å²) in [5, 5.41) is 1.98. The third-order valence-electron chi connectivity index (χ3n) is 3.85. The van der Waals surface area contributed by atoms with Gasteiger partial charge in [0, 0.05) is 12.1 Å². The minimum absolute atomic E-state index is 0.397. The maximum atomic E-state index is 12.0. The van der Waals surface area contributed by atoms with E-state index in [4.69, 9.17) is 13.6 Å². The minimum atomic E-state index is -0.416. The third kappa shape index (κ3) is 2.33. The second-order valence-corrected chi connectivity index (χ2v) is 6.22. The Kier molecular flexibility index (Phi) is 3.50. The van der Waals surface area contributed by atoms with Gasteiger partial charge in [0.05, 0.1) is 30.3 Å². The van der Waals surface area contributed by atoms with Crippen LogP contribution in [0.4, 0.5) is 0 Å². The van der Waals surface area contributed by atoms with Crippen molar-refractivity contribution in [3.05, 3.63) is 53.1 Å². The molecule has 6 nitrogen and oxygen atoms in total. The standard InChI is InChI=1S/C17H14N2O4S/c1-10-11(18-16(23-10)15-4-3-7-24-15)9-19-12-5-6-22-14(12)8-13(19)17(20)21-2/h3-8H,9H2,1-2H3. The molecule has 4 heterocycles. The zero-order chi connectivity index (χ0) is 16.7. The van der Waals surface area contributed by atoms with Gasteiger partial charge in [0.15, 0.2) is 5.58 Å². The molecule has 4 aromatic heterocycles. The Morgan fingerprint density at radius 2 is 2.29 bits per heavy atom. The summed E-state index contributed by atoms with van der Waals surface area (Å²) in [6.07, 6.45) is 1.59. The molecule has 4 aromatic rings. The summed E-state index contributed by atoms with van der Waals surface area (Å²) in [4.78, 5) is 17.6. The number of rotatable bonds is 4. The van der Waals surface area contributed by atoms with Crippen molar-refractivity contribution in [2.75, 3.05) is 7.11 Å². The van der Waals surface area contributed by atoms with E-state index in [2.05, 4.69) is 4.98 Å². The molecule has 0 aliphatic heterocycles. The van der Waals surface area contributed by atoms with Crippen molar-refractivity contribution in [1.82, 2.24) is 9.55 Å². The molecule has 24 heavy (non-hydrogen) atoms. The lowest BCUT2D eigenvalue weighted by Crippen LogP contribution is -2.12. The summed E-state index contributed by atoms with van der Waals surface area (Å²) in [5.74, 6) is 0.897. The van der Waals surface area contributed by atoms with E-state index in [0.29, 0.717) is 23.7 Å². The normalized spacial score (nSPS) is 11.2. The number of hydrogen-bond donors (Lipinski definition) is 0. The molecule has 0 saturated carbocycles. The predicted octanol–water partition coefficient (Wildman–Crippen LogP) is 4.09. The van der Waals surface area contributed by atoms with E-state index in [1.54, 1.807) is 23.7 Å². The molecule has 0 unspecified atom stereocenters. The molecule has 0 saturated heterocycles. The van der Waals surface area contributed by atoms with Crippen LogP contribution in [0, 0.1) is 6.92 Å². The molecule has 0 bridgehead atoms. The number of ether oxygens (including phenoxy) is 1. The molecule has 0 aliphatic carbocycles. The molecule has 0 aromatic carbocycles. The van der Waals surface area contributed by atoms with Crippen molar-refractivity contribution in [3.8, 4) is 10.8 Å². The Morgan fingerprint density at radius 1 is 1.42 bits per heavy atom. The van der Waals surface area contributed by atoms with E-state index in [1.165, 1.54) is 7.11 Å². The number of oxazole rings is 1. The lowest BCUT2D eigenvalue weighted by molar-refractivity contribution is 0.0589. The zero-order valence-electron chi connectivity index (χ0n) is 13.1. The van der Waals surface area contributed by atoms with Gasteiger partial charge in [0.2, 0.25) is 5.89 Å². The van der Waals surface area contributed by atoms with Crippen molar-refractivity contribution in [2.45, 2.75) is 13.5 Å². The summed E-state index contributed by atoms with van der Waals surface area (Å²) in [7, 11) is 1.36. The summed E-state index contributed by atoms with van der Waals surface area (Å²) >= 11 is 1.57. The number of carbonyl (C=O) groups is 1. The summed E-state index contributed by atoms with van der Waals surface area (Å²) in [6.45, 7) is 2.27. The maximum absolute atomic E-state index is 12.0. The smallest absolute Gasteiger partial charge is 0.354 e. The average Bonchev–Trinajstić information content (AvgIpc) is 3.32. The van der Waals surface area contributed by atoms with Crippen molar-refractivity contribution >= 4 is 28.4 Å². The Labute approximate surface area is 141 Å². The predicted molar refractivity (Wildman–Crippen MR) is 89.2 cm³/mol. The highest BCUT2D eigenvalue weighted by Gasteiger charge is 2.20. The van der Waals surface area contributed by atoms with Crippen LogP contribution in [0.25, 0.3) is 21.9 Å². The maximum Gasteiger partial charge on any atom is 0.354 e. The summed E-state index contributed by atoms with van der Waals surface area (Å²) < 4.78 is 17.9. The fraction of sp³-hybridized carbons (Fsp3) is 0.176. The van der Waals surface area contributed by atoms with Gasteiger partial charge >= 0.3 is 5.97 Å².